The number of hydrogen-bond donors (Lipinski definition) is 1. The monoisotopic (exact) mass is 281 g/mol. The number of aryl methyl sites for hydroxylation is 2. The van der Waals surface area contributed by atoms with Crippen LogP contribution in [0.3, 0.4) is 0 Å². The van der Waals surface area contributed by atoms with E-state index in [9.17, 15) is 9.59 Å². The Hall–Kier alpha value is -2.53. The maximum absolute atomic E-state index is 12.6. The number of carbonyl (C=O) groups is 2. The maximum atomic E-state index is 12.6. The number of nitrogens with zero attached hydrogens (tertiary/aromatic N) is 2. The average Bonchev–Trinajstić information content (AvgIpc) is 2.76. The summed E-state index contributed by atoms with van der Waals surface area (Å²) in [6.07, 6.45) is 1.58. The van der Waals surface area contributed by atoms with E-state index in [0.717, 1.165) is 21.6 Å². The first kappa shape index (κ1) is 13.5. The predicted molar refractivity (Wildman–Crippen MR) is 79.2 cm³/mol. The summed E-state index contributed by atoms with van der Waals surface area (Å²) >= 11 is 0. The second-order valence-electron chi connectivity index (χ2n) is 5.12. The Morgan fingerprint density at radius 1 is 1.00 bits per heavy atom. The topological polar surface area (TPSA) is 76.3 Å². The molecule has 5 nitrogen and oxygen atoms in total. The Balaban J connectivity index is 2.11. The third-order valence-corrected chi connectivity index (χ3v) is 3.73. The van der Waals surface area contributed by atoms with Gasteiger partial charge >= 0.3 is 0 Å². The molecule has 0 unspecified atom stereocenters. The van der Waals surface area contributed by atoms with E-state index < -0.39 is 0 Å². The first-order chi connectivity index (χ1) is 10.0. The highest BCUT2D eigenvalue weighted by molar-refractivity contribution is 6.35. The number of carbonyl (C=O) groups excluding carboxylic acids is 2. The molecule has 21 heavy (non-hydrogen) atoms. The number of aromatic nitrogens is 1. The van der Waals surface area contributed by atoms with E-state index in [-0.39, 0.29) is 11.8 Å². The largest absolute Gasteiger partial charge is 0.326 e. The lowest BCUT2D eigenvalue weighted by Crippen LogP contribution is -2.30. The zero-order valence-electron chi connectivity index (χ0n) is 11.9. The summed E-state index contributed by atoms with van der Waals surface area (Å²) in [5, 5.41) is 0. The Labute approximate surface area is 122 Å². The van der Waals surface area contributed by atoms with Crippen LogP contribution in [0.4, 0.5) is 5.82 Å². The van der Waals surface area contributed by atoms with E-state index in [4.69, 9.17) is 5.73 Å². The van der Waals surface area contributed by atoms with Crippen molar-refractivity contribution >= 4 is 17.6 Å². The summed E-state index contributed by atoms with van der Waals surface area (Å²) in [6.45, 7) is 4.03. The Morgan fingerprint density at radius 2 is 1.57 bits per heavy atom. The van der Waals surface area contributed by atoms with Gasteiger partial charge in [-0.1, -0.05) is 18.2 Å². The highest BCUT2D eigenvalue weighted by Gasteiger charge is 2.39. The van der Waals surface area contributed by atoms with E-state index >= 15 is 0 Å². The number of pyridine rings is 1. The van der Waals surface area contributed by atoms with Crippen molar-refractivity contribution in [2.75, 3.05) is 4.90 Å². The van der Waals surface area contributed by atoms with Crippen LogP contribution >= 0.6 is 0 Å². The lowest BCUT2D eigenvalue weighted by atomic mass is 9.99. The molecule has 0 atom stereocenters. The quantitative estimate of drug-likeness (QED) is 0.854. The normalized spacial score (nSPS) is 13.8. The third-order valence-electron chi connectivity index (χ3n) is 3.73. The summed E-state index contributed by atoms with van der Waals surface area (Å²) in [5.41, 5.74) is 8.93. The minimum absolute atomic E-state index is 0.316. The second-order valence-corrected chi connectivity index (χ2v) is 5.12. The average molecular weight is 281 g/mol. The van der Waals surface area contributed by atoms with Crippen molar-refractivity contribution in [3.8, 4) is 0 Å². The highest BCUT2D eigenvalue weighted by Crippen LogP contribution is 2.31. The number of benzene rings is 1. The third kappa shape index (κ3) is 1.94. The molecule has 2 N–H and O–H groups in total. The van der Waals surface area contributed by atoms with E-state index in [1.165, 1.54) is 0 Å². The molecule has 2 heterocycles. The lowest BCUT2D eigenvalue weighted by molar-refractivity contribution is 0.0925. The van der Waals surface area contributed by atoms with Gasteiger partial charge < -0.3 is 5.73 Å². The summed E-state index contributed by atoms with van der Waals surface area (Å²) in [6, 6.07) is 7.13. The second kappa shape index (κ2) is 4.79. The highest BCUT2D eigenvalue weighted by atomic mass is 16.2. The summed E-state index contributed by atoms with van der Waals surface area (Å²) in [4.78, 5) is 30.5. The van der Waals surface area contributed by atoms with E-state index in [0.29, 0.717) is 23.5 Å². The van der Waals surface area contributed by atoms with Crippen molar-refractivity contribution < 1.29 is 9.59 Å². The van der Waals surface area contributed by atoms with Crippen molar-refractivity contribution in [1.29, 1.82) is 0 Å². The van der Waals surface area contributed by atoms with Crippen LogP contribution < -0.4 is 10.6 Å². The van der Waals surface area contributed by atoms with Crippen molar-refractivity contribution in [3.05, 3.63) is 58.3 Å². The smallest absolute Gasteiger partial charge is 0.267 e. The van der Waals surface area contributed by atoms with Gasteiger partial charge in [-0.05, 0) is 36.6 Å². The van der Waals surface area contributed by atoms with Crippen molar-refractivity contribution in [1.82, 2.24) is 4.98 Å². The van der Waals surface area contributed by atoms with Gasteiger partial charge in [0.25, 0.3) is 11.8 Å². The molecule has 2 amide bonds. The molecule has 0 spiro atoms. The van der Waals surface area contributed by atoms with Crippen LogP contribution in [0.1, 0.15) is 37.4 Å². The van der Waals surface area contributed by atoms with Crippen LogP contribution in [0.15, 0.2) is 30.5 Å². The van der Waals surface area contributed by atoms with Crippen molar-refractivity contribution in [2.45, 2.75) is 20.4 Å². The van der Waals surface area contributed by atoms with Gasteiger partial charge in [0.05, 0.1) is 11.1 Å². The molecule has 1 aromatic carbocycles. The molecule has 1 aliphatic rings. The molecule has 0 radical (unpaired) electrons. The number of anilines is 1. The zero-order valence-corrected chi connectivity index (χ0v) is 11.9. The Morgan fingerprint density at radius 3 is 2.00 bits per heavy atom. The van der Waals surface area contributed by atoms with Crippen molar-refractivity contribution in [2.24, 2.45) is 5.73 Å². The summed E-state index contributed by atoms with van der Waals surface area (Å²) in [7, 11) is 0. The molecule has 0 saturated heterocycles. The zero-order chi connectivity index (χ0) is 15.1. The molecule has 2 aromatic rings. The first-order valence-corrected chi connectivity index (χ1v) is 6.68. The number of fused-ring (bicyclic) bond motifs is 1. The van der Waals surface area contributed by atoms with E-state index in [1.807, 2.05) is 26.0 Å². The molecule has 0 saturated carbocycles. The van der Waals surface area contributed by atoms with Crippen molar-refractivity contribution in [3.63, 3.8) is 0 Å². The fourth-order valence-electron chi connectivity index (χ4n) is 2.56. The first-order valence-electron chi connectivity index (χ1n) is 6.68. The standard InChI is InChI=1S/C16H15N3O2/c1-9-3-4-10(2)14-13(9)15(20)19(16(14)21)12-6-5-11(7-17)8-18-12/h3-6,8H,7,17H2,1-2H3. The molecule has 5 heteroatoms. The van der Waals surface area contributed by atoms with Crippen LogP contribution in [-0.4, -0.2) is 16.8 Å². The van der Waals surface area contributed by atoms with E-state index in [1.54, 1.807) is 18.3 Å². The van der Waals surface area contributed by atoms with Crippen LogP contribution in [-0.2, 0) is 6.54 Å². The van der Waals surface area contributed by atoms with Gasteiger partial charge in [0.2, 0.25) is 0 Å². The number of imide groups is 1. The molecule has 0 aliphatic carbocycles. The molecule has 106 valence electrons. The van der Waals surface area contributed by atoms with Crippen LogP contribution in [0.2, 0.25) is 0 Å². The van der Waals surface area contributed by atoms with Gasteiger partial charge in [-0.2, -0.15) is 0 Å². The molecular weight excluding hydrogens is 266 g/mol. The van der Waals surface area contributed by atoms with Gasteiger partial charge in [-0.25, -0.2) is 9.88 Å². The number of nitrogens with two attached hydrogens (primary N) is 1. The number of amides is 2. The maximum Gasteiger partial charge on any atom is 0.267 e. The van der Waals surface area contributed by atoms with Gasteiger partial charge in [-0.3, -0.25) is 9.59 Å². The van der Waals surface area contributed by atoms with Gasteiger partial charge in [0.1, 0.15) is 5.82 Å². The molecule has 0 bridgehead atoms. The van der Waals surface area contributed by atoms with Crippen LogP contribution in [0.5, 0.6) is 0 Å². The molecule has 1 aromatic heterocycles. The summed E-state index contributed by atoms with van der Waals surface area (Å²) in [5.74, 6) is -0.300. The fourth-order valence-corrected chi connectivity index (χ4v) is 2.56. The van der Waals surface area contributed by atoms with Gasteiger partial charge in [-0.15, -0.1) is 0 Å². The minimum atomic E-state index is -0.316. The van der Waals surface area contributed by atoms with Crippen LogP contribution in [0, 0.1) is 13.8 Å². The van der Waals surface area contributed by atoms with E-state index in [2.05, 4.69) is 4.98 Å². The SMILES string of the molecule is Cc1ccc(C)c2c1C(=O)N(c1ccc(CN)cn1)C2=O. The molecule has 1 aliphatic heterocycles. The van der Waals surface area contributed by atoms with Gasteiger partial charge in [0, 0.05) is 12.7 Å². The molecule has 0 fully saturated rings. The fraction of sp³-hybridized carbons (Fsp3) is 0.188. The minimum Gasteiger partial charge on any atom is -0.326 e. The Bertz CT molecular complexity index is 710. The van der Waals surface area contributed by atoms with Gasteiger partial charge in [0.15, 0.2) is 0 Å². The number of hydrogen-bond acceptors (Lipinski definition) is 4. The Kier molecular flexibility index (Phi) is 3.07. The lowest BCUT2D eigenvalue weighted by Gasteiger charge is -2.13. The number of rotatable bonds is 2. The summed E-state index contributed by atoms with van der Waals surface area (Å²) < 4.78 is 0. The van der Waals surface area contributed by atoms with Crippen LogP contribution in [0.25, 0.3) is 0 Å². The molecule has 3 rings (SSSR count). The molecular formula is C16H15N3O2. The predicted octanol–water partition coefficient (Wildman–Crippen LogP) is 1.96.